The van der Waals surface area contributed by atoms with E-state index in [1.807, 2.05) is 0 Å². The number of likely N-dealkylation sites (tertiary alicyclic amines) is 1. The molecule has 0 saturated carbocycles. The van der Waals surface area contributed by atoms with Gasteiger partial charge in [0.15, 0.2) is 6.54 Å². The number of amides is 1. The second-order valence-corrected chi connectivity index (χ2v) is 9.53. The summed E-state index contributed by atoms with van der Waals surface area (Å²) in [7, 11) is -3.70. The number of benzene rings is 1. The minimum atomic E-state index is -3.70. The standard InChI is InChI=1S/C20H27N3O4S/c1-15-9-16(2)13-23(12-15)14-20(24)22-17-5-3-7-19(10-17)28(25,26)21-11-18-6-4-8-27-18/h3-8,10,15-16,21H,9,11-14H2,1-2H3,(H,22,24)/p+1/t15-,16-/m1/s1. The molecule has 0 spiro atoms. The molecule has 0 bridgehead atoms. The van der Waals surface area contributed by atoms with Crippen molar-refractivity contribution < 1.29 is 22.5 Å². The second-order valence-electron chi connectivity index (χ2n) is 7.76. The predicted molar refractivity (Wildman–Crippen MR) is 106 cm³/mol. The molecule has 8 heteroatoms. The average Bonchev–Trinajstić information content (AvgIpc) is 3.13. The van der Waals surface area contributed by atoms with Gasteiger partial charge in [-0.05, 0) is 36.8 Å². The van der Waals surface area contributed by atoms with Gasteiger partial charge in [-0.25, -0.2) is 13.1 Å². The fourth-order valence-electron chi connectivity index (χ4n) is 3.90. The number of hydrogen-bond acceptors (Lipinski definition) is 4. The summed E-state index contributed by atoms with van der Waals surface area (Å²) >= 11 is 0. The fourth-order valence-corrected chi connectivity index (χ4v) is 4.94. The largest absolute Gasteiger partial charge is 0.468 e. The highest BCUT2D eigenvalue weighted by molar-refractivity contribution is 7.89. The van der Waals surface area contributed by atoms with Gasteiger partial charge in [-0.2, -0.15) is 0 Å². The molecule has 3 rings (SSSR count). The summed E-state index contributed by atoms with van der Waals surface area (Å²) in [6.07, 6.45) is 2.70. The molecule has 1 saturated heterocycles. The molecule has 28 heavy (non-hydrogen) atoms. The number of carbonyl (C=O) groups excluding carboxylic acids is 1. The van der Waals surface area contributed by atoms with Crippen molar-refractivity contribution >= 4 is 21.6 Å². The molecule has 0 radical (unpaired) electrons. The number of quaternary nitrogens is 1. The number of hydrogen-bond donors (Lipinski definition) is 3. The monoisotopic (exact) mass is 406 g/mol. The topological polar surface area (TPSA) is 92.9 Å². The zero-order valence-electron chi connectivity index (χ0n) is 16.3. The molecular formula is C20H28N3O4S+. The van der Waals surface area contributed by atoms with Gasteiger partial charge in [0.25, 0.3) is 5.91 Å². The molecule has 1 fully saturated rings. The lowest BCUT2D eigenvalue weighted by molar-refractivity contribution is -0.904. The summed E-state index contributed by atoms with van der Waals surface area (Å²) in [5, 5.41) is 2.83. The minimum Gasteiger partial charge on any atom is -0.468 e. The number of anilines is 1. The van der Waals surface area contributed by atoms with Crippen molar-refractivity contribution in [2.75, 3.05) is 25.0 Å². The van der Waals surface area contributed by atoms with Crippen molar-refractivity contribution in [3.05, 3.63) is 48.4 Å². The normalized spacial score (nSPS) is 22.7. The van der Waals surface area contributed by atoms with E-state index in [-0.39, 0.29) is 17.3 Å². The van der Waals surface area contributed by atoms with Gasteiger partial charge in [0.1, 0.15) is 5.76 Å². The van der Waals surface area contributed by atoms with E-state index in [9.17, 15) is 13.2 Å². The van der Waals surface area contributed by atoms with Gasteiger partial charge in [-0.15, -0.1) is 0 Å². The summed E-state index contributed by atoms with van der Waals surface area (Å²) < 4.78 is 32.6. The van der Waals surface area contributed by atoms with Crippen molar-refractivity contribution in [2.24, 2.45) is 11.8 Å². The fraction of sp³-hybridized carbons (Fsp3) is 0.450. The Morgan fingerprint density at radius 2 is 1.93 bits per heavy atom. The lowest BCUT2D eigenvalue weighted by Crippen LogP contribution is -3.15. The van der Waals surface area contributed by atoms with Gasteiger partial charge in [0, 0.05) is 17.5 Å². The number of sulfonamides is 1. The van der Waals surface area contributed by atoms with Crippen molar-refractivity contribution in [2.45, 2.75) is 31.7 Å². The Morgan fingerprint density at radius 3 is 2.61 bits per heavy atom. The molecule has 1 aromatic heterocycles. The first kappa shape index (κ1) is 20.6. The van der Waals surface area contributed by atoms with Crippen LogP contribution in [-0.2, 0) is 21.4 Å². The smallest absolute Gasteiger partial charge is 0.279 e. The zero-order valence-corrected chi connectivity index (χ0v) is 17.1. The third kappa shape index (κ3) is 5.67. The first-order valence-electron chi connectivity index (χ1n) is 9.57. The third-order valence-corrected chi connectivity index (χ3v) is 6.33. The van der Waals surface area contributed by atoms with E-state index in [1.54, 1.807) is 24.3 Å². The SMILES string of the molecule is C[C@@H]1C[C@@H](C)C[NH+](CC(=O)Nc2cccc(S(=O)(=O)NCc3ccco3)c2)C1. The Bertz CT molecular complexity index is 886. The van der Waals surface area contributed by atoms with Crippen molar-refractivity contribution in [3.8, 4) is 0 Å². The van der Waals surface area contributed by atoms with Gasteiger partial charge in [-0.3, -0.25) is 4.79 Å². The lowest BCUT2D eigenvalue weighted by atomic mass is 9.92. The second kappa shape index (κ2) is 8.89. The molecule has 2 heterocycles. The van der Waals surface area contributed by atoms with Gasteiger partial charge in [-0.1, -0.05) is 19.9 Å². The predicted octanol–water partition coefficient (Wildman–Crippen LogP) is 1.26. The molecular weight excluding hydrogens is 378 g/mol. The molecule has 2 atom stereocenters. The molecule has 1 aliphatic heterocycles. The number of carbonyl (C=O) groups is 1. The van der Waals surface area contributed by atoms with Crippen LogP contribution in [0.25, 0.3) is 0 Å². The van der Waals surface area contributed by atoms with Crippen LogP contribution in [0.3, 0.4) is 0 Å². The van der Waals surface area contributed by atoms with Crippen LogP contribution >= 0.6 is 0 Å². The van der Waals surface area contributed by atoms with Crippen molar-refractivity contribution in [3.63, 3.8) is 0 Å². The van der Waals surface area contributed by atoms with E-state index in [2.05, 4.69) is 23.9 Å². The van der Waals surface area contributed by atoms with Crippen LogP contribution < -0.4 is 14.9 Å². The van der Waals surface area contributed by atoms with Crippen LogP contribution in [0.1, 0.15) is 26.0 Å². The molecule has 0 aliphatic carbocycles. The maximum atomic E-state index is 12.5. The van der Waals surface area contributed by atoms with Crippen LogP contribution in [0.15, 0.2) is 52.0 Å². The third-order valence-electron chi connectivity index (χ3n) is 4.93. The van der Waals surface area contributed by atoms with Gasteiger partial charge in [0.2, 0.25) is 10.0 Å². The molecule has 1 amide bonds. The quantitative estimate of drug-likeness (QED) is 0.645. The number of piperidine rings is 1. The number of furan rings is 1. The zero-order chi connectivity index (χ0) is 20.1. The van der Waals surface area contributed by atoms with Crippen LogP contribution in [0, 0.1) is 11.8 Å². The minimum absolute atomic E-state index is 0.0700. The first-order chi connectivity index (χ1) is 13.3. The Labute approximate surface area is 166 Å². The molecule has 1 aromatic carbocycles. The van der Waals surface area contributed by atoms with E-state index >= 15 is 0 Å². The van der Waals surface area contributed by atoms with Gasteiger partial charge in [0.05, 0.1) is 30.8 Å². The van der Waals surface area contributed by atoms with E-state index in [0.717, 1.165) is 13.1 Å². The lowest BCUT2D eigenvalue weighted by Gasteiger charge is -2.31. The Hall–Kier alpha value is -2.16. The van der Waals surface area contributed by atoms with Crippen molar-refractivity contribution in [1.82, 2.24) is 4.72 Å². The van der Waals surface area contributed by atoms with Crippen LogP contribution in [0.5, 0.6) is 0 Å². The van der Waals surface area contributed by atoms with E-state index in [4.69, 9.17) is 4.42 Å². The maximum Gasteiger partial charge on any atom is 0.279 e. The van der Waals surface area contributed by atoms with E-state index in [0.29, 0.717) is 29.8 Å². The van der Waals surface area contributed by atoms with Crippen LogP contribution in [0.2, 0.25) is 0 Å². The van der Waals surface area contributed by atoms with Gasteiger partial charge >= 0.3 is 0 Å². The molecule has 3 N–H and O–H groups in total. The number of nitrogens with one attached hydrogen (secondary N) is 3. The maximum absolute atomic E-state index is 12.5. The Morgan fingerprint density at radius 1 is 1.18 bits per heavy atom. The summed E-state index contributed by atoms with van der Waals surface area (Å²) in [6.45, 7) is 6.88. The average molecular weight is 407 g/mol. The highest BCUT2D eigenvalue weighted by Gasteiger charge is 2.26. The van der Waals surface area contributed by atoms with E-state index in [1.165, 1.54) is 29.7 Å². The molecule has 0 unspecified atom stereocenters. The van der Waals surface area contributed by atoms with Crippen molar-refractivity contribution in [1.29, 1.82) is 0 Å². The molecule has 7 nitrogen and oxygen atoms in total. The van der Waals surface area contributed by atoms with Gasteiger partial charge < -0.3 is 14.6 Å². The summed E-state index contributed by atoms with van der Waals surface area (Å²) in [5.41, 5.74) is 0.475. The van der Waals surface area contributed by atoms with Crippen LogP contribution in [-0.4, -0.2) is 34.0 Å². The van der Waals surface area contributed by atoms with E-state index < -0.39 is 10.0 Å². The Kier molecular flexibility index (Phi) is 6.53. The summed E-state index contributed by atoms with van der Waals surface area (Å²) in [5.74, 6) is 1.65. The highest BCUT2D eigenvalue weighted by atomic mass is 32.2. The Balaban J connectivity index is 1.60. The summed E-state index contributed by atoms with van der Waals surface area (Å²) in [4.78, 5) is 13.8. The number of rotatable bonds is 7. The molecule has 1 aliphatic rings. The van der Waals surface area contributed by atoms with Crippen LogP contribution in [0.4, 0.5) is 5.69 Å². The molecule has 2 aromatic rings. The summed E-state index contributed by atoms with van der Waals surface area (Å²) in [6, 6.07) is 9.68. The highest BCUT2D eigenvalue weighted by Crippen LogP contribution is 2.16. The first-order valence-corrected chi connectivity index (χ1v) is 11.1. The molecule has 152 valence electrons.